The first kappa shape index (κ1) is 45.3. The van der Waals surface area contributed by atoms with Gasteiger partial charge >= 0.3 is 37.9 Å². The first-order valence-electron chi connectivity index (χ1n) is 20.4. The zero-order valence-corrected chi connectivity index (χ0v) is 40.3. The van der Waals surface area contributed by atoms with Crippen molar-refractivity contribution in [3.05, 3.63) is 180 Å². The van der Waals surface area contributed by atoms with E-state index in [1.54, 1.807) is 0 Å². The average molecular weight is 895 g/mol. The molecule has 4 heteroatoms. The monoisotopic (exact) mass is 892 g/mol. The summed E-state index contributed by atoms with van der Waals surface area (Å²) in [5.74, 6) is 1.18. The number of rotatable bonds is 8. The molecule has 8 rings (SSSR count). The van der Waals surface area contributed by atoms with E-state index in [1.165, 1.54) is 101 Å². The summed E-state index contributed by atoms with van der Waals surface area (Å²) in [7, 11) is 11.0. The van der Waals surface area contributed by atoms with Gasteiger partial charge in [0.1, 0.15) is 0 Å². The van der Waals surface area contributed by atoms with Gasteiger partial charge in [-0.25, -0.2) is 0 Å². The standard InChI is InChI=1S/2C26H25.C2H6Si.2ClH.Zr/c2*1-4-18(2)22-16-21-14-15-24(20-11-6-5-7-12-20)26(25(21)17-22)23-13-9-8-10-19(23)3;1-3-2;;;/h2*5-18H,4H2,1-3H3;1-2H3;2*1H;/q2*-1;;;;+4/p-2. The maximum atomic E-state index is 4.93. The third-order valence-electron chi connectivity index (χ3n) is 11.2. The Morgan fingerprint density at radius 1 is 0.500 bits per heavy atom. The number of hydrogen-bond donors (Lipinski definition) is 0. The van der Waals surface area contributed by atoms with Crippen LogP contribution in [0.5, 0.6) is 0 Å². The molecule has 0 aliphatic carbocycles. The van der Waals surface area contributed by atoms with Gasteiger partial charge in [-0.15, -0.1) is 56.9 Å². The van der Waals surface area contributed by atoms with E-state index in [2.05, 4.69) is 212 Å². The molecule has 0 aliphatic rings. The van der Waals surface area contributed by atoms with E-state index in [-0.39, 0.29) is 0 Å². The number of halogens is 2. The molecule has 0 fully saturated rings. The average Bonchev–Trinajstić information content (AvgIpc) is 3.90. The Balaban J connectivity index is 0.000000195. The van der Waals surface area contributed by atoms with E-state index in [4.69, 9.17) is 17.0 Å². The summed E-state index contributed by atoms with van der Waals surface area (Å²) >= 11 is -0.826. The van der Waals surface area contributed by atoms with Crippen molar-refractivity contribution in [3.63, 3.8) is 0 Å². The second-order valence-electron chi connectivity index (χ2n) is 15.1. The number of aryl methyl sites for hydroxylation is 2. The summed E-state index contributed by atoms with van der Waals surface area (Å²) in [5.41, 5.74) is 16.1. The zero-order chi connectivity index (χ0) is 41.6. The van der Waals surface area contributed by atoms with Gasteiger partial charge in [-0.1, -0.05) is 186 Å². The molecule has 294 valence electrons. The molecule has 0 aliphatic heterocycles. The van der Waals surface area contributed by atoms with Gasteiger partial charge in [-0.3, -0.25) is 0 Å². The van der Waals surface area contributed by atoms with E-state index < -0.39 is 20.8 Å². The van der Waals surface area contributed by atoms with E-state index in [1.807, 2.05) is 0 Å². The third kappa shape index (κ3) is 10.9. The summed E-state index contributed by atoms with van der Waals surface area (Å²) in [6, 6.07) is 57.7. The van der Waals surface area contributed by atoms with Crippen LogP contribution in [0.3, 0.4) is 0 Å². The van der Waals surface area contributed by atoms with Crippen molar-refractivity contribution in [2.24, 2.45) is 0 Å². The molecule has 0 amide bonds. The van der Waals surface area contributed by atoms with Crippen LogP contribution in [0.2, 0.25) is 13.1 Å². The van der Waals surface area contributed by atoms with Gasteiger partial charge in [0.15, 0.2) is 0 Å². The molecule has 0 aromatic heterocycles. The van der Waals surface area contributed by atoms with E-state index in [0.717, 1.165) is 9.52 Å². The Morgan fingerprint density at radius 2 is 0.828 bits per heavy atom. The molecular weight excluding hydrogens is 839 g/mol. The molecular formula is C54H56Cl2SiZr. The van der Waals surface area contributed by atoms with Crippen LogP contribution in [0.25, 0.3) is 66.1 Å². The second-order valence-corrected chi connectivity index (χ2v) is 19.8. The van der Waals surface area contributed by atoms with Gasteiger partial charge < -0.3 is 0 Å². The molecule has 0 N–H and O–H groups in total. The van der Waals surface area contributed by atoms with Gasteiger partial charge in [0.05, 0.1) is 0 Å². The summed E-state index contributed by atoms with van der Waals surface area (Å²) in [5, 5.41) is 5.43. The molecule has 0 nitrogen and oxygen atoms in total. The Kier molecular flexibility index (Phi) is 17.6. The van der Waals surface area contributed by atoms with Crippen LogP contribution in [0.15, 0.2) is 158 Å². The van der Waals surface area contributed by atoms with Gasteiger partial charge in [-0.05, 0) is 70.2 Å². The molecule has 0 heterocycles. The van der Waals surface area contributed by atoms with Crippen LogP contribution in [0.1, 0.15) is 74.6 Å². The van der Waals surface area contributed by atoms with E-state index in [0.29, 0.717) is 11.8 Å². The van der Waals surface area contributed by atoms with Crippen LogP contribution in [0, 0.1) is 13.8 Å². The van der Waals surface area contributed by atoms with Crippen molar-refractivity contribution in [1.29, 1.82) is 0 Å². The Bertz CT molecular complexity index is 2300. The van der Waals surface area contributed by atoms with Crippen molar-refractivity contribution in [2.45, 2.75) is 79.3 Å². The molecule has 8 aromatic rings. The van der Waals surface area contributed by atoms with Crippen molar-refractivity contribution in [2.75, 3.05) is 0 Å². The van der Waals surface area contributed by atoms with Crippen molar-refractivity contribution < 1.29 is 20.8 Å². The maximum absolute atomic E-state index is 4.93. The fourth-order valence-corrected chi connectivity index (χ4v) is 7.65. The fraction of sp³-hybridized carbons (Fsp3) is 0.222. The molecule has 0 spiro atoms. The summed E-state index contributed by atoms with van der Waals surface area (Å²) in [6.07, 6.45) is 2.34. The van der Waals surface area contributed by atoms with Gasteiger partial charge in [-0.2, -0.15) is 12.1 Å². The molecule has 2 radical (unpaired) electrons. The van der Waals surface area contributed by atoms with Crippen LogP contribution in [-0.4, -0.2) is 9.52 Å². The number of benzene rings is 6. The molecule has 0 saturated carbocycles. The van der Waals surface area contributed by atoms with Gasteiger partial charge in [0.25, 0.3) is 0 Å². The minimum absolute atomic E-state index is 0.590. The van der Waals surface area contributed by atoms with Gasteiger partial charge in [0, 0.05) is 9.52 Å². The predicted molar refractivity (Wildman–Crippen MR) is 257 cm³/mol. The summed E-state index contributed by atoms with van der Waals surface area (Å²) in [4.78, 5) is 0. The predicted octanol–water partition coefficient (Wildman–Crippen LogP) is 17.6. The van der Waals surface area contributed by atoms with Crippen molar-refractivity contribution in [1.82, 2.24) is 0 Å². The van der Waals surface area contributed by atoms with E-state index in [9.17, 15) is 0 Å². The Hall–Kier alpha value is -3.78. The second kappa shape index (κ2) is 22.6. The van der Waals surface area contributed by atoms with Crippen LogP contribution >= 0.6 is 17.0 Å². The number of fused-ring (bicyclic) bond motifs is 2. The summed E-state index contributed by atoms with van der Waals surface area (Å²) < 4.78 is 0. The molecule has 0 bridgehead atoms. The van der Waals surface area contributed by atoms with Crippen molar-refractivity contribution in [3.8, 4) is 44.5 Å². The van der Waals surface area contributed by atoms with E-state index >= 15 is 0 Å². The molecule has 0 saturated heterocycles. The fourth-order valence-electron chi connectivity index (χ4n) is 7.65. The molecule has 8 aromatic carbocycles. The first-order chi connectivity index (χ1) is 28.2. The Morgan fingerprint density at radius 3 is 1.16 bits per heavy atom. The van der Waals surface area contributed by atoms with Crippen LogP contribution in [0.4, 0.5) is 0 Å². The van der Waals surface area contributed by atoms with Crippen LogP contribution in [-0.2, 0) is 20.8 Å². The van der Waals surface area contributed by atoms with Crippen LogP contribution < -0.4 is 0 Å². The number of hydrogen-bond acceptors (Lipinski definition) is 0. The first-order valence-corrected chi connectivity index (χ1v) is 28.8. The SMILES string of the molecule is CCC(C)c1cc2c(-c3ccccc3C)c(-c3ccccc3)ccc2[cH-]1.CCC(C)c1cc2c(-c3ccccc3C)c(-c3ccccc3)ccc2[cH-]1.C[Si]C.[Cl][Zr+2][Cl]. The zero-order valence-electron chi connectivity index (χ0n) is 35.3. The molecule has 58 heavy (non-hydrogen) atoms. The normalized spacial score (nSPS) is 11.6. The molecule has 2 unspecified atom stereocenters. The molecule has 2 atom stereocenters. The van der Waals surface area contributed by atoms with Gasteiger partial charge in [0.2, 0.25) is 0 Å². The summed E-state index contributed by atoms with van der Waals surface area (Å²) in [6.45, 7) is 17.9. The third-order valence-corrected chi connectivity index (χ3v) is 11.2. The Labute approximate surface area is 369 Å². The minimum atomic E-state index is -0.826. The topological polar surface area (TPSA) is 0 Å². The van der Waals surface area contributed by atoms with Crippen molar-refractivity contribution >= 4 is 48.1 Å². The quantitative estimate of drug-likeness (QED) is 0.105.